The molecule has 2 aliphatic rings. The van der Waals surface area contributed by atoms with Gasteiger partial charge in [-0.2, -0.15) is 13.2 Å². The second-order valence-electron chi connectivity index (χ2n) is 7.20. The average Bonchev–Trinajstić information content (AvgIpc) is 3.40. The summed E-state index contributed by atoms with van der Waals surface area (Å²) in [4.78, 5) is 39.0. The fraction of sp³-hybridized carbons (Fsp3) is 0.500. The first-order chi connectivity index (χ1) is 12.5. The lowest BCUT2D eigenvalue weighted by Gasteiger charge is -2.23. The number of alkyl halides is 3. The van der Waals surface area contributed by atoms with Gasteiger partial charge in [-0.15, -0.1) is 0 Å². The van der Waals surface area contributed by atoms with Gasteiger partial charge in [0.25, 0.3) is 5.91 Å². The number of likely N-dealkylation sites (N-methyl/N-ethyl adjacent to an activating group) is 1. The van der Waals surface area contributed by atoms with Gasteiger partial charge in [0.15, 0.2) is 0 Å². The number of nitrogens with one attached hydrogen (secondary N) is 1. The maximum absolute atomic E-state index is 13.1. The molecule has 9 heteroatoms. The van der Waals surface area contributed by atoms with Crippen molar-refractivity contribution in [3.05, 3.63) is 35.4 Å². The Morgan fingerprint density at radius 2 is 1.93 bits per heavy atom. The summed E-state index contributed by atoms with van der Waals surface area (Å²) >= 11 is 0. The van der Waals surface area contributed by atoms with Gasteiger partial charge in [-0.25, -0.2) is 4.79 Å². The lowest BCUT2D eigenvalue weighted by Crippen LogP contribution is -2.47. The first-order valence-corrected chi connectivity index (χ1v) is 8.57. The maximum Gasteiger partial charge on any atom is 0.416 e. The van der Waals surface area contributed by atoms with E-state index >= 15 is 0 Å². The molecule has 0 bridgehead atoms. The predicted octanol–water partition coefficient (Wildman–Crippen LogP) is 2.38. The molecular formula is C18H20F3N3O3. The maximum atomic E-state index is 13.1. The predicted molar refractivity (Wildman–Crippen MR) is 89.3 cm³/mol. The van der Waals surface area contributed by atoms with E-state index in [1.54, 1.807) is 6.92 Å². The smallest absolute Gasteiger partial charge is 0.340 e. The van der Waals surface area contributed by atoms with Crippen LogP contribution < -0.4 is 5.32 Å². The third-order valence-corrected chi connectivity index (χ3v) is 5.14. The number of hydrogen-bond donors (Lipinski definition) is 1. The van der Waals surface area contributed by atoms with Crippen molar-refractivity contribution in [3.8, 4) is 0 Å². The highest BCUT2D eigenvalue weighted by molar-refractivity contribution is 6.09. The number of urea groups is 1. The van der Waals surface area contributed by atoms with Gasteiger partial charge in [0.1, 0.15) is 12.1 Å². The van der Waals surface area contributed by atoms with Crippen LogP contribution in [0.3, 0.4) is 0 Å². The summed E-state index contributed by atoms with van der Waals surface area (Å²) < 4.78 is 39.3. The van der Waals surface area contributed by atoms with E-state index in [4.69, 9.17) is 0 Å². The van der Waals surface area contributed by atoms with E-state index in [9.17, 15) is 27.6 Å². The third kappa shape index (κ3) is 3.63. The van der Waals surface area contributed by atoms with Crippen molar-refractivity contribution in [2.24, 2.45) is 5.92 Å². The molecule has 6 nitrogen and oxygen atoms in total. The van der Waals surface area contributed by atoms with Crippen molar-refractivity contribution in [2.45, 2.75) is 38.0 Å². The van der Waals surface area contributed by atoms with Crippen LogP contribution in [0.25, 0.3) is 0 Å². The summed E-state index contributed by atoms with van der Waals surface area (Å²) in [5.41, 5.74) is -1.87. The summed E-state index contributed by atoms with van der Waals surface area (Å²) in [5, 5.41) is 2.63. The van der Waals surface area contributed by atoms with Gasteiger partial charge in [0.05, 0.1) is 5.56 Å². The molecule has 1 unspecified atom stereocenters. The van der Waals surface area contributed by atoms with Crippen LogP contribution in [0, 0.1) is 5.92 Å². The van der Waals surface area contributed by atoms with Crippen LogP contribution in [-0.2, 0) is 22.3 Å². The van der Waals surface area contributed by atoms with Gasteiger partial charge in [0.2, 0.25) is 5.91 Å². The molecule has 3 rings (SSSR count). The average molecular weight is 383 g/mol. The summed E-state index contributed by atoms with van der Waals surface area (Å²) in [6.45, 7) is 0.856. The van der Waals surface area contributed by atoms with E-state index in [2.05, 4.69) is 5.32 Å². The molecule has 0 aromatic heterocycles. The van der Waals surface area contributed by atoms with E-state index in [0.29, 0.717) is 0 Å². The first-order valence-electron chi connectivity index (χ1n) is 8.57. The Hall–Kier alpha value is -2.58. The lowest BCUT2D eigenvalue weighted by molar-refractivity contribution is -0.140. The van der Waals surface area contributed by atoms with E-state index in [1.807, 2.05) is 0 Å². The van der Waals surface area contributed by atoms with Crippen molar-refractivity contribution in [1.29, 1.82) is 0 Å². The van der Waals surface area contributed by atoms with Gasteiger partial charge in [-0.1, -0.05) is 18.2 Å². The second-order valence-corrected chi connectivity index (χ2v) is 7.20. The van der Waals surface area contributed by atoms with Crippen molar-refractivity contribution < 1.29 is 27.6 Å². The van der Waals surface area contributed by atoms with Crippen LogP contribution in [-0.4, -0.2) is 46.8 Å². The molecule has 2 fully saturated rings. The molecule has 1 heterocycles. The largest absolute Gasteiger partial charge is 0.416 e. The minimum absolute atomic E-state index is 0.0548. The molecule has 1 aromatic carbocycles. The van der Waals surface area contributed by atoms with Crippen LogP contribution in [0.4, 0.5) is 18.0 Å². The Morgan fingerprint density at radius 1 is 1.30 bits per heavy atom. The van der Waals surface area contributed by atoms with Gasteiger partial charge in [-0.05, 0) is 37.3 Å². The van der Waals surface area contributed by atoms with E-state index in [1.165, 1.54) is 25.2 Å². The topological polar surface area (TPSA) is 69.7 Å². The highest BCUT2D eigenvalue weighted by atomic mass is 19.4. The number of halogens is 3. The Labute approximate surface area is 154 Å². The van der Waals surface area contributed by atoms with Crippen LogP contribution in [0.15, 0.2) is 24.3 Å². The fourth-order valence-corrected chi connectivity index (χ4v) is 3.33. The Kier molecular flexibility index (Phi) is 4.65. The van der Waals surface area contributed by atoms with Gasteiger partial charge in [0, 0.05) is 13.6 Å². The number of amides is 4. The molecular weight excluding hydrogens is 363 g/mol. The summed E-state index contributed by atoms with van der Waals surface area (Å²) in [6.07, 6.45) is -2.87. The Bertz CT molecular complexity index is 792. The third-order valence-electron chi connectivity index (χ3n) is 5.14. The molecule has 146 valence electrons. The zero-order valence-corrected chi connectivity index (χ0v) is 15.0. The number of imide groups is 1. The lowest BCUT2D eigenvalue weighted by atomic mass is 9.96. The van der Waals surface area contributed by atoms with E-state index in [-0.39, 0.29) is 18.0 Å². The Balaban J connectivity index is 1.69. The number of hydrogen-bond acceptors (Lipinski definition) is 3. The molecule has 1 saturated carbocycles. The summed E-state index contributed by atoms with van der Waals surface area (Å²) in [5.74, 6) is -1.02. The number of nitrogens with zero attached hydrogens (tertiary/aromatic N) is 2. The zero-order chi connectivity index (χ0) is 20.0. The minimum Gasteiger partial charge on any atom is -0.340 e. The van der Waals surface area contributed by atoms with Crippen LogP contribution in [0.2, 0.25) is 0 Å². The molecule has 1 aromatic rings. The standard InChI is InChI=1S/C18H20F3N3O3/c1-17(12-7-8-12)15(26)24(16(27)22-17)10-14(25)23(2)9-11-5-3-4-6-13(11)18(19,20)21/h3-6,12H,7-10H2,1-2H3,(H,22,27). The van der Waals surface area contributed by atoms with Gasteiger partial charge < -0.3 is 10.2 Å². The molecule has 0 spiro atoms. The van der Waals surface area contributed by atoms with Crippen LogP contribution in [0.1, 0.15) is 30.9 Å². The van der Waals surface area contributed by atoms with Crippen LogP contribution in [0.5, 0.6) is 0 Å². The van der Waals surface area contributed by atoms with Crippen LogP contribution >= 0.6 is 0 Å². The second kappa shape index (κ2) is 6.54. The molecule has 1 atom stereocenters. The molecule has 1 aliphatic carbocycles. The number of benzene rings is 1. The molecule has 1 aliphatic heterocycles. The highest BCUT2D eigenvalue weighted by Gasteiger charge is 2.56. The molecule has 0 radical (unpaired) electrons. The van der Waals surface area contributed by atoms with E-state index in [0.717, 1.165) is 28.7 Å². The molecule has 1 saturated heterocycles. The van der Waals surface area contributed by atoms with E-state index < -0.39 is 41.7 Å². The monoisotopic (exact) mass is 383 g/mol. The zero-order valence-electron chi connectivity index (χ0n) is 15.0. The molecule has 4 amide bonds. The van der Waals surface area contributed by atoms with Crippen molar-refractivity contribution in [2.75, 3.05) is 13.6 Å². The highest BCUT2D eigenvalue weighted by Crippen LogP contribution is 2.42. The van der Waals surface area contributed by atoms with Gasteiger partial charge >= 0.3 is 12.2 Å². The summed E-state index contributed by atoms with van der Waals surface area (Å²) in [7, 11) is 1.34. The number of carbonyl (C=O) groups excluding carboxylic acids is 3. The van der Waals surface area contributed by atoms with Crippen molar-refractivity contribution >= 4 is 17.8 Å². The molecule has 1 N–H and O–H groups in total. The first kappa shape index (κ1) is 19.2. The normalized spacial score (nSPS) is 22.8. The SMILES string of the molecule is CN(Cc1ccccc1C(F)(F)F)C(=O)CN1C(=O)NC(C)(C2CC2)C1=O. The number of rotatable bonds is 5. The Morgan fingerprint density at radius 3 is 2.52 bits per heavy atom. The summed E-state index contributed by atoms with van der Waals surface area (Å²) in [6, 6.07) is 4.34. The molecule has 27 heavy (non-hydrogen) atoms. The minimum atomic E-state index is -4.53. The number of carbonyl (C=O) groups is 3. The van der Waals surface area contributed by atoms with Crippen molar-refractivity contribution in [1.82, 2.24) is 15.1 Å². The van der Waals surface area contributed by atoms with Gasteiger partial charge in [-0.3, -0.25) is 14.5 Å². The van der Waals surface area contributed by atoms with Crippen molar-refractivity contribution in [3.63, 3.8) is 0 Å². The quantitative estimate of drug-likeness (QED) is 0.794. The fourth-order valence-electron chi connectivity index (χ4n) is 3.33.